The van der Waals surface area contributed by atoms with Gasteiger partial charge in [-0.15, -0.1) is 0 Å². The number of hydrogen-bond donors (Lipinski definition) is 0. The van der Waals surface area contributed by atoms with Gasteiger partial charge in [0.25, 0.3) is 0 Å². The number of methoxy groups -OCH3 is 1. The van der Waals surface area contributed by atoms with Gasteiger partial charge in [-0.25, -0.2) is 5.01 Å². The van der Waals surface area contributed by atoms with E-state index in [1.54, 1.807) is 7.11 Å². The molecule has 0 spiro atoms. The molecule has 0 radical (unpaired) electrons. The van der Waals surface area contributed by atoms with E-state index >= 15 is 0 Å². The first-order chi connectivity index (χ1) is 13.1. The number of anilines is 1. The van der Waals surface area contributed by atoms with E-state index in [1.165, 1.54) is 11.9 Å². The van der Waals surface area contributed by atoms with Gasteiger partial charge in [0.05, 0.1) is 18.5 Å². The molecule has 0 saturated heterocycles. The predicted molar refractivity (Wildman–Crippen MR) is 110 cm³/mol. The molecule has 0 saturated carbocycles. The van der Waals surface area contributed by atoms with Crippen LogP contribution in [0.4, 0.5) is 5.69 Å². The van der Waals surface area contributed by atoms with E-state index in [0.717, 1.165) is 33.8 Å². The van der Waals surface area contributed by atoms with Gasteiger partial charge in [0.1, 0.15) is 5.75 Å². The third kappa shape index (κ3) is 4.23. The Hall–Kier alpha value is -3.40. The Balaban J connectivity index is 2.08. The number of hydrazone groups is 1. The lowest BCUT2D eigenvalue weighted by molar-refractivity contribution is -0.116. The van der Waals surface area contributed by atoms with Crippen molar-refractivity contribution in [2.45, 2.75) is 13.8 Å². The van der Waals surface area contributed by atoms with Crippen molar-refractivity contribution in [3.05, 3.63) is 84.4 Å². The summed E-state index contributed by atoms with van der Waals surface area (Å²) < 4.78 is 5.34. The molecule has 0 aliphatic rings. The molecule has 0 aliphatic carbocycles. The van der Waals surface area contributed by atoms with Gasteiger partial charge in [0.15, 0.2) is 0 Å². The molecule has 0 aromatic heterocycles. The second kappa shape index (κ2) is 8.32. The smallest absolute Gasteiger partial charge is 0.244 e. The summed E-state index contributed by atoms with van der Waals surface area (Å²) in [5.74, 6) is 0.612. The van der Waals surface area contributed by atoms with Gasteiger partial charge >= 0.3 is 0 Å². The van der Waals surface area contributed by atoms with E-state index in [0.29, 0.717) is 0 Å². The number of para-hydroxylation sites is 1. The predicted octanol–water partition coefficient (Wildman–Crippen LogP) is 5.14. The average Bonchev–Trinajstić information content (AvgIpc) is 2.72. The first-order valence-electron chi connectivity index (χ1n) is 8.75. The lowest BCUT2D eigenvalue weighted by Gasteiger charge is -2.20. The number of carbonyl (C=O) groups excluding carboxylic acids is 1. The quantitative estimate of drug-likeness (QED) is 0.468. The second-order valence-corrected chi connectivity index (χ2v) is 6.13. The third-order valence-corrected chi connectivity index (χ3v) is 4.25. The van der Waals surface area contributed by atoms with Gasteiger partial charge in [-0.1, -0.05) is 60.7 Å². The van der Waals surface area contributed by atoms with Crippen molar-refractivity contribution in [2.24, 2.45) is 5.10 Å². The molecule has 0 heterocycles. The Morgan fingerprint density at radius 1 is 0.889 bits per heavy atom. The topological polar surface area (TPSA) is 41.9 Å². The molecule has 4 heteroatoms. The average molecular weight is 358 g/mol. The highest BCUT2D eigenvalue weighted by Crippen LogP contribution is 2.33. The number of hydrogen-bond acceptors (Lipinski definition) is 3. The summed E-state index contributed by atoms with van der Waals surface area (Å²) in [6.45, 7) is 3.42. The van der Waals surface area contributed by atoms with Crippen LogP contribution < -0.4 is 9.75 Å². The normalized spacial score (nSPS) is 11.1. The summed E-state index contributed by atoms with van der Waals surface area (Å²) in [7, 11) is 1.64. The monoisotopic (exact) mass is 358 g/mol. The summed E-state index contributed by atoms with van der Waals surface area (Å²) in [5, 5.41) is 6.07. The third-order valence-electron chi connectivity index (χ3n) is 4.25. The van der Waals surface area contributed by atoms with Crippen LogP contribution in [0.3, 0.4) is 0 Å². The standard InChI is InChI=1S/C23H22N2O2/c1-17(19-10-5-4-6-11-19)24-25(18(2)26)23-15-8-7-14-22(23)20-12-9-13-21(16-20)27-3/h4-16H,1-3H3/b24-17+. The van der Waals surface area contributed by atoms with E-state index in [2.05, 4.69) is 5.10 Å². The molecule has 3 aromatic carbocycles. The van der Waals surface area contributed by atoms with Crippen LogP contribution in [0.25, 0.3) is 11.1 Å². The number of nitrogens with zero attached hydrogens (tertiary/aromatic N) is 2. The van der Waals surface area contributed by atoms with Crippen LogP contribution in [0, 0.1) is 0 Å². The molecule has 27 heavy (non-hydrogen) atoms. The van der Waals surface area contributed by atoms with Crippen molar-refractivity contribution in [1.29, 1.82) is 0 Å². The maximum Gasteiger partial charge on any atom is 0.244 e. The minimum atomic E-state index is -0.152. The molecule has 3 aromatic rings. The molecule has 4 nitrogen and oxygen atoms in total. The largest absolute Gasteiger partial charge is 0.497 e. The second-order valence-electron chi connectivity index (χ2n) is 6.13. The number of carbonyl (C=O) groups is 1. The summed E-state index contributed by atoms with van der Waals surface area (Å²) in [5.41, 5.74) is 4.35. The molecule has 0 N–H and O–H groups in total. The summed E-state index contributed by atoms with van der Waals surface area (Å²) in [4.78, 5) is 12.4. The maximum absolute atomic E-state index is 12.4. The molecule has 3 rings (SSSR count). The van der Waals surface area contributed by atoms with E-state index in [1.807, 2.05) is 85.8 Å². The minimum Gasteiger partial charge on any atom is -0.497 e. The van der Waals surface area contributed by atoms with Gasteiger partial charge in [-0.05, 0) is 36.2 Å². The highest BCUT2D eigenvalue weighted by atomic mass is 16.5. The lowest BCUT2D eigenvalue weighted by Crippen LogP contribution is -2.24. The fourth-order valence-corrected chi connectivity index (χ4v) is 2.87. The summed E-state index contributed by atoms with van der Waals surface area (Å²) >= 11 is 0. The van der Waals surface area contributed by atoms with E-state index in [9.17, 15) is 4.79 Å². The van der Waals surface area contributed by atoms with Crippen LogP contribution in [-0.4, -0.2) is 18.7 Å². The molecule has 0 atom stereocenters. The number of benzene rings is 3. The Kier molecular flexibility index (Phi) is 5.67. The fourth-order valence-electron chi connectivity index (χ4n) is 2.87. The molecule has 0 unspecified atom stereocenters. The maximum atomic E-state index is 12.4. The highest BCUT2D eigenvalue weighted by molar-refractivity contribution is 6.03. The van der Waals surface area contributed by atoms with Crippen LogP contribution in [-0.2, 0) is 4.79 Å². The van der Waals surface area contributed by atoms with Crippen LogP contribution >= 0.6 is 0 Å². The number of ether oxygens (including phenoxy) is 1. The Labute approximate surface area is 159 Å². The first-order valence-corrected chi connectivity index (χ1v) is 8.75. The Morgan fingerprint density at radius 2 is 1.59 bits per heavy atom. The summed E-state index contributed by atoms with van der Waals surface area (Å²) in [6, 6.07) is 25.3. The number of rotatable bonds is 5. The van der Waals surface area contributed by atoms with Gasteiger partial charge in [-0.3, -0.25) is 4.79 Å². The van der Waals surface area contributed by atoms with Crippen molar-refractivity contribution in [2.75, 3.05) is 12.1 Å². The van der Waals surface area contributed by atoms with Crippen LogP contribution in [0.2, 0.25) is 0 Å². The molecular weight excluding hydrogens is 336 g/mol. The lowest BCUT2D eigenvalue weighted by atomic mass is 10.0. The summed E-state index contributed by atoms with van der Waals surface area (Å²) in [6.07, 6.45) is 0. The molecule has 136 valence electrons. The minimum absolute atomic E-state index is 0.152. The van der Waals surface area contributed by atoms with Crippen LogP contribution in [0.15, 0.2) is 84.0 Å². The Bertz CT molecular complexity index is 965. The zero-order valence-corrected chi connectivity index (χ0v) is 15.7. The number of amides is 1. The van der Waals surface area contributed by atoms with Crippen molar-refractivity contribution in [3.63, 3.8) is 0 Å². The van der Waals surface area contributed by atoms with Crippen molar-refractivity contribution < 1.29 is 9.53 Å². The van der Waals surface area contributed by atoms with Gasteiger partial charge < -0.3 is 4.74 Å². The Morgan fingerprint density at radius 3 is 2.30 bits per heavy atom. The fraction of sp³-hybridized carbons (Fsp3) is 0.130. The molecule has 0 bridgehead atoms. The zero-order valence-electron chi connectivity index (χ0n) is 15.7. The van der Waals surface area contributed by atoms with Crippen LogP contribution in [0.5, 0.6) is 5.75 Å². The molecular formula is C23H22N2O2. The van der Waals surface area contributed by atoms with Gasteiger partial charge in [-0.2, -0.15) is 5.10 Å². The van der Waals surface area contributed by atoms with E-state index in [-0.39, 0.29) is 5.91 Å². The van der Waals surface area contributed by atoms with Crippen LogP contribution in [0.1, 0.15) is 19.4 Å². The molecule has 0 fully saturated rings. The van der Waals surface area contributed by atoms with Gasteiger partial charge in [0.2, 0.25) is 5.91 Å². The van der Waals surface area contributed by atoms with E-state index in [4.69, 9.17) is 4.74 Å². The highest BCUT2D eigenvalue weighted by Gasteiger charge is 2.16. The van der Waals surface area contributed by atoms with Crippen molar-refractivity contribution in [1.82, 2.24) is 0 Å². The first kappa shape index (κ1) is 18.4. The zero-order chi connectivity index (χ0) is 19.2. The molecule has 1 amide bonds. The van der Waals surface area contributed by atoms with Crippen molar-refractivity contribution >= 4 is 17.3 Å². The SMILES string of the molecule is COc1cccc(-c2ccccc2N(/N=C(\C)c2ccccc2)C(C)=O)c1. The van der Waals surface area contributed by atoms with E-state index < -0.39 is 0 Å². The molecule has 0 aliphatic heterocycles. The van der Waals surface area contributed by atoms with Gasteiger partial charge in [0, 0.05) is 12.5 Å². The van der Waals surface area contributed by atoms with Crippen molar-refractivity contribution in [3.8, 4) is 16.9 Å².